The minimum Gasteiger partial charge on any atom is -0.295 e. The van der Waals surface area contributed by atoms with Crippen LogP contribution in [-0.4, -0.2) is 11.6 Å². The standard InChI is InChI=1S/C15H22O2/c1-11-6-5-7-13(16)12(2)10-15(3,4)9-8-14(11)17/h8-11H,5-7H2,1-4H3/b9-8-,12-10-. The normalized spacial score (nSPS) is 31.3. The third-order valence-corrected chi connectivity index (χ3v) is 3.23. The van der Waals surface area contributed by atoms with Crippen molar-refractivity contribution in [1.82, 2.24) is 0 Å². The molecule has 94 valence electrons. The van der Waals surface area contributed by atoms with Gasteiger partial charge in [0.05, 0.1) is 0 Å². The third kappa shape index (κ3) is 4.29. The number of ketones is 2. The van der Waals surface area contributed by atoms with Crippen molar-refractivity contribution in [3.8, 4) is 0 Å². The van der Waals surface area contributed by atoms with Gasteiger partial charge in [-0.15, -0.1) is 0 Å². The van der Waals surface area contributed by atoms with Gasteiger partial charge >= 0.3 is 0 Å². The Hall–Kier alpha value is -1.18. The fraction of sp³-hybridized carbons (Fsp3) is 0.600. The number of carbonyl (C=O) groups excluding carboxylic acids is 2. The molecule has 0 N–H and O–H groups in total. The molecule has 2 nitrogen and oxygen atoms in total. The minimum atomic E-state index is -0.237. The summed E-state index contributed by atoms with van der Waals surface area (Å²) in [5.74, 6) is 0.389. The van der Waals surface area contributed by atoms with Crippen molar-refractivity contribution in [1.29, 1.82) is 0 Å². The first-order chi connectivity index (χ1) is 7.82. The molecular formula is C15H22O2. The van der Waals surface area contributed by atoms with Crippen LogP contribution in [0, 0.1) is 11.3 Å². The molecule has 0 aromatic carbocycles. The molecule has 1 rings (SSSR count). The van der Waals surface area contributed by atoms with E-state index >= 15 is 0 Å². The molecule has 1 atom stereocenters. The maximum Gasteiger partial charge on any atom is 0.158 e. The Morgan fingerprint density at radius 3 is 2.59 bits per heavy atom. The number of hydrogen-bond donors (Lipinski definition) is 0. The molecule has 0 aromatic heterocycles. The molecule has 0 heterocycles. The molecule has 0 fully saturated rings. The van der Waals surface area contributed by atoms with Crippen molar-refractivity contribution < 1.29 is 9.59 Å². The lowest BCUT2D eigenvalue weighted by atomic mass is 9.89. The van der Waals surface area contributed by atoms with E-state index in [-0.39, 0.29) is 22.9 Å². The van der Waals surface area contributed by atoms with Gasteiger partial charge in [0.1, 0.15) is 0 Å². The lowest BCUT2D eigenvalue weighted by molar-refractivity contribution is -0.119. The van der Waals surface area contributed by atoms with Crippen LogP contribution in [0.3, 0.4) is 0 Å². The number of Topliss-reactive ketones (excluding diaryl/α,β-unsaturated/α-hetero) is 1. The van der Waals surface area contributed by atoms with E-state index in [0.29, 0.717) is 6.42 Å². The maximum absolute atomic E-state index is 11.8. The topological polar surface area (TPSA) is 34.1 Å². The predicted molar refractivity (Wildman–Crippen MR) is 69.7 cm³/mol. The first kappa shape index (κ1) is 13.9. The van der Waals surface area contributed by atoms with Crippen LogP contribution in [0.15, 0.2) is 23.8 Å². The predicted octanol–water partition coefficient (Wildman–Crippen LogP) is 3.47. The second-order valence-corrected chi connectivity index (χ2v) is 5.60. The molecule has 1 aliphatic carbocycles. The highest BCUT2D eigenvalue weighted by molar-refractivity contribution is 5.95. The summed E-state index contributed by atoms with van der Waals surface area (Å²) in [5, 5.41) is 0. The Morgan fingerprint density at radius 2 is 1.94 bits per heavy atom. The Kier molecular flexibility index (Phi) is 4.44. The van der Waals surface area contributed by atoms with Crippen molar-refractivity contribution in [3.05, 3.63) is 23.8 Å². The molecule has 0 spiro atoms. The maximum atomic E-state index is 11.8. The number of allylic oxidation sites excluding steroid dienone is 4. The fourth-order valence-corrected chi connectivity index (χ4v) is 2.06. The molecule has 1 aliphatic rings. The lowest BCUT2D eigenvalue weighted by Crippen LogP contribution is -2.09. The zero-order chi connectivity index (χ0) is 13.1. The zero-order valence-corrected chi connectivity index (χ0v) is 11.2. The van der Waals surface area contributed by atoms with E-state index in [0.717, 1.165) is 18.4 Å². The Morgan fingerprint density at radius 1 is 1.29 bits per heavy atom. The van der Waals surface area contributed by atoms with Crippen LogP contribution < -0.4 is 0 Å². The summed E-state index contributed by atoms with van der Waals surface area (Å²) >= 11 is 0. The van der Waals surface area contributed by atoms with E-state index in [9.17, 15) is 9.59 Å². The van der Waals surface area contributed by atoms with Gasteiger partial charge in [-0.2, -0.15) is 0 Å². The summed E-state index contributed by atoms with van der Waals surface area (Å²) in [7, 11) is 0. The van der Waals surface area contributed by atoms with E-state index in [2.05, 4.69) is 0 Å². The second kappa shape index (κ2) is 5.44. The summed E-state index contributed by atoms with van der Waals surface area (Å²) in [4.78, 5) is 23.6. The first-order valence-electron chi connectivity index (χ1n) is 6.27. The highest BCUT2D eigenvalue weighted by atomic mass is 16.1. The smallest absolute Gasteiger partial charge is 0.158 e. The van der Waals surface area contributed by atoms with Crippen molar-refractivity contribution in [3.63, 3.8) is 0 Å². The molecule has 0 amide bonds. The molecule has 0 saturated heterocycles. The molecule has 1 unspecified atom stereocenters. The van der Waals surface area contributed by atoms with Crippen molar-refractivity contribution in [2.24, 2.45) is 11.3 Å². The average Bonchev–Trinajstić information content (AvgIpc) is 2.24. The van der Waals surface area contributed by atoms with Crippen LogP contribution in [-0.2, 0) is 9.59 Å². The zero-order valence-electron chi connectivity index (χ0n) is 11.2. The quantitative estimate of drug-likeness (QED) is 0.643. The summed E-state index contributed by atoms with van der Waals surface area (Å²) in [6.45, 7) is 7.82. The number of carbonyl (C=O) groups is 2. The van der Waals surface area contributed by atoms with Gasteiger partial charge in [0.15, 0.2) is 11.6 Å². The monoisotopic (exact) mass is 234 g/mol. The molecule has 0 bridgehead atoms. The minimum absolute atomic E-state index is 0.0215. The van der Waals surface area contributed by atoms with Crippen molar-refractivity contribution in [2.75, 3.05) is 0 Å². The second-order valence-electron chi connectivity index (χ2n) is 5.60. The van der Waals surface area contributed by atoms with Gasteiger partial charge in [0.2, 0.25) is 0 Å². The molecular weight excluding hydrogens is 212 g/mol. The molecule has 0 radical (unpaired) electrons. The van der Waals surface area contributed by atoms with Crippen LogP contribution in [0.1, 0.15) is 47.0 Å². The van der Waals surface area contributed by atoms with Crippen molar-refractivity contribution >= 4 is 11.6 Å². The summed E-state index contributed by atoms with van der Waals surface area (Å²) in [6.07, 6.45) is 7.66. The molecule has 2 heteroatoms. The first-order valence-corrected chi connectivity index (χ1v) is 6.27. The fourth-order valence-electron chi connectivity index (χ4n) is 2.06. The Bertz CT molecular complexity index is 370. The molecule has 0 saturated carbocycles. The van der Waals surface area contributed by atoms with E-state index in [4.69, 9.17) is 0 Å². The number of hydrogen-bond acceptors (Lipinski definition) is 2. The number of rotatable bonds is 0. The van der Waals surface area contributed by atoms with Crippen molar-refractivity contribution in [2.45, 2.75) is 47.0 Å². The SMILES string of the molecule is C/C1=C/C(C)(C)/C=C\C(=O)C(C)CCCC1=O. The van der Waals surface area contributed by atoms with Crippen LogP contribution >= 0.6 is 0 Å². The average molecular weight is 234 g/mol. The highest BCUT2D eigenvalue weighted by Gasteiger charge is 2.18. The lowest BCUT2D eigenvalue weighted by Gasteiger charge is -2.16. The van der Waals surface area contributed by atoms with Crippen LogP contribution in [0.4, 0.5) is 0 Å². The Balaban J connectivity index is 3.00. The van der Waals surface area contributed by atoms with E-state index in [1.165, 1.54) is 0 Å². The van der Waals surface area contributed by atoms with Gasteiger partial charge in [-0.3, -0.25) is 9.59 Å². The van der Waals surface area contributed by atoms with Crippen LogP contribution in [0.2, 0.25) is 0 Å². The van der Waals surface area contributed by atoms with E-state index in [1.807, 2.05) is 39.8 Å². The van der Waals surface area contributed by atoms with Gasteiger partial charge in [-0.05, 0) is 31.4 Å². The van der Waals surface area contributed by atoms with E-state index < -0.39 is 0 Å². The van der Waals surface area contributed by atoms with Crippen LogP contribution in [0.25, 0.3) is 0 Å². The van der Waals surface area contributed by atoms with Gasteiger partial charge in [-0.1, -0.05) is 32.9 Å². The molecule has 0 aromatic rings. The highest BCUT2D eigenvalue weighted by Crippen LogP contribution is 2.24. The summed E-state index contributed by atoms with van der Waals surface area (Å²) in [6, 6.07) is 0. The molecule has 0 aliphatic heterocycles. The van der Waals surface area contributed by atoms with Gasteiger partial charge in [0.25, 0.3) is 0 Å². The van der Waals surface area contributed by atoms with Gasteiger partial charge in [0, 0.05) is 17.8 Å². The van der Waals surface area contributed by atoms with Crippen LogP contribution in [0.5, 0.6) is 0 Å². The summed E-state index contributed by atoms with van der Waals surface area (Å²) in [5.41, 5.74) is 0.570. The van der Waals surface area contributed by atoms with E-state index in [1.54, 1.807) is 6.08 Å². The largest absolute Gasteiger partial charge is 0.295 e. The summed E-state index contributed by atoms with van der Waals surface area (Å²) < 4.78 is 0. The Labute approximate surface area is 104 Å². The van der Waals surface area contributed by atoms with Gasteiger partial charge in [-0.25, -0.2) is 0 Å². The molecule has 17 heavy (non-hydrogen) atoms. The third-order valence-electron chi connectivity index (χ3n) is 3.23. The van der Waals surface area contributed by atoms with Gasteiger partial charge < -0.3 is 0 Å².